The van der Waals surface area contributed by atoms with E-state index in [0.29, 0.717) is 13.1 Å². The summed E-state index contributed by atoms with van der Waals surface area (Å²) in [5.74, 6) is -0.256. The van der Waals surface area contributed by atoms with Crippen LogP contribution in [-0.2, 0) is 10.0 Å². The molecule has 0 saturated carbocycles. The van der Waals surface area contributed by atoms with Crippen molar-refractivity contribution in [2.75, 3.05) is 20.1 Å². The molecule has 10 heteroatoms. The Morgan fingerprint density at radius 1 is 1.43 bits per heavy atom. The van der Waals surface area contributed by atoms with E-state index in [0.717, 1.165) is 12.1 Å². The van der Waals surface area contributed by atoms with Gasteiger partial charge in [-0.1, -0.05) is 11.6 Å². The van der Waals surface area contributed by atoms with Crippen molar-refractivity contribution in [1.29, 1.82) is 0 Å². The molecule has 1 N–H and O–H groups in total. The molecule has 1 aromatic rings. The van der Waals surface area contributed by atoms with E-state index in [1.54, 1.807) is 0 Å². The predicted octanol–water partition coefficient (Wildman–Crippen LogP) is 1.96. The van der Waals surface area contributed by atoms with Crippen LogP contribution in [0, 0.1) is 0 Å². The third kappa shape index (κ3) is 3.95. The molecule has 1 aliphatic rings. The molecule has 1 saturated heterocycles. The van der Waals surface area contributed by atoms with E-state index in [1.807, 2.05) is 0 Å². The lowest BCUT2D eigenvalue weighted by Crippen LogP contribution is -2.57. The fraction of sp³-hybridized carbons (Fsp3) is 0.455. The Kier molecular flexibility index (Phi) is 6.18. The molecule has 1 aromatic carbocycles. The second-order valence-electron chi connectivity index (χ2n) is 4.30. The van der Waals surface area contributed by atoms with Crippen LogP contribution in [-0.4, -0.2) is 45.5 Å². The highest BCUT2D eigenvalue weighted by molar-refractivity contribution is 7.89. The molecule has 0 spiro atoms. The lowest BCUT2D eigenvalue weighted by atomic mass is 10.2. The Balaban J connectivity index is 0.00000220. The molecular weight excluding hydrogens is 349 g/mol. The minimum atomic E-state index is -3.70. The molecule has 21 heavy (non-hydrogen) atoms. The maximum atomic E-state index is 12.3. The number of hydrogen-bond donors (Lipinski definition) is 1. The Morgan fingerprint density at radius 2 is 2.05 bits per heavy atom. The predicted molar refractivity (Wildman–Crippen MR) is 76.9 cm³/mol. The van der Waals surface area contributed by atoms with Crippen LogP contribution in [0.2, 0.25) is 5.02 Å². The summed E-state index contributed by atoms with van der Waals surface area (Å²) in [4.78, 5) is -0.0569. The Bertz CT molecular complexity index is 597. The van der Waals surface area contributed by atoms with Crippen LogP contribution in [0.5, 0.6) is 5.75 Å². The molecule has 0 amide bonds. The van der Waals surface area contributed by atoms with Crippen LogP contribution in [0.25, 0.3) is 0 Å². The van der Waals surface area contributed by atoms with E-state index in [2.05, 4.69) is 10.1 Å². The molecule has 1 heterocycles. The van der Waals surface area contributed by atoms with Gasteiger partial charge in [-0.25, -0.2) is 8.42 Å². The van der Waals surface area contributed by atoms with Crippen molar-refractivity contribution in [3.8, 4) is 5.75 Å². The number of benzene rings is 1. The van der Waals surface area contributed by atoms with E-state index < -0.39 is 16.6 Å². The van der Waals surface area contributed by atoms with Gasteiger partial charge in [0.15, 0.2) is 0 Å². The normalized spacial score (nSPS) is 15.7. The lowest BCUT2D eigenvalue weighted by Gasteiger charge is -2.34. The summed E-state index contributed by atoms with van der Waals surface area (Å²) < 4.78 is 54.2. The number of alkyl halides is 2. The number of likely N-dealkylation sites (N-methyl/N-ethyl adjacent to an activating group) is 1. The van der Waals surface area contributed by atoms with Crippen molar-refractivity contribution in [2.45, 2.75) is 17.5 Å². The van der Waals surface area contributed by atoms with Crippen LogP contribution in [0.1, 0.15) is 0 Å². The minimum Gasteiger partial charge on any atom is -0.433 e. The van der Waals surface area contributed by atoms with Crippen LogP contribution >= 0.6 is 24.0 Å². The topological polar surface area (TPSA) is 58.6 Å². The SMILES string of the molecule is CN(C1CNC1)S(=O)(=O)c1ccc(OC(F)F)c(Cl)c1.Cl. The molecule has 1 fully saturated rings. The molecule has 0 radical (unpaired) electrons. The zero-order chi connectivity index (χ0) is 14.9. The average molecular weight is 363 g/mol. The molecule has 0 bridgehead atoms. The van der Waals surface area contributed by atoms with Gasteiger partial charge in [0.1, 0.15) is 5.75 Å². The first-order valence-electron chi connectivity index (χ1n) is 5.75. The fourth-order valence-corrected chi connectivity index (χ4v) is 3.40. The summed E-state index contributed by atoms with van der Waals surface area (Å²) in [7, 11) is -2.23. The summed E-state index contributed by atoms with van der Waals surface area (Å²) in [5.41, 5.74) is 0. The van der Waals surface area contributed by atoms with E-state index in [1.165, 1.54) is 17.4 Å². The first-order valence-corrected chi connectivity index (χ1v) is 7.57. The highest BCUT2D eigenvalue weighted by Crippen LogP contribution is 2.30. The number of rotatable bonds is 5. The van der Waals surface area contributed by atoms with Gasteiger partial charge in [0.2, 0.25) is 10.0 Å². The summed E-state index contributed by atoms with van der Waals surface area (Å²) in [6.07, 6.45) is 0. The van der Waals surface area contributed by atoms with Gasteiger partial charge >= 0.3 is 6.61 Å². The summed E-state index contributed by atoms with van der Waals surface area (Å²) >= 11 is 5.76. The smallest absolute Gasteiger partial charge is 0.387 e. The second-order valence-corrected chi connectivity index (χ2v) is 6.71. The second kappa shape index (κ2) is 7.06. The third-order valence-corrected chi connectivity index (χ3v) is 5.27. The summed E-state index contributed by atoms with van der Waals surface area (Å²) in [6.45, 7) is -1.86. The van der Waals surface area contributed by atoms with Crippen LogP contribution in [0.15, 0.2) is 23.1 Å². The molecule has 0 unspecified atom stereocenters. The quantitative estimate of drug-likeness (QED) is 0.869. The number of sulfonamides is 1. The lowest BCUT2D eigenvalue weighted by molar-refractivity contribution is -0.0498. The highest BCUT2D eigenvalue weighted by Gasteiger charge is 2.32. The molecule has 2 rings (SSSR count). The van der Waals surface area contributed by atoms with Gasteiger partial charge in [0.05, 0.1) is 9.92 Å². The first-order chi connectivity index (χ1) is 9.32. The Hall–Kier alpha value is -0.670. The monoisotopic (exact) mass is 362 g/mol. The van der Waals surface area contributed by atoms with Gasteiger partial charge in [-0.05, 0) is 18.2 Å². The number of hydrogen-bond acceptors (Lipinski definition) is 4. The molecule has 0 aromatic heterocycles. The van der Waals surface area contributed by atoms with E-state index in [-0.39, 0.29) is 34.1 Å². The zero-order valence-corrected chi connectivity index (χ0v) is 13.3. The van der Waals surface area contributed by atoms with Crippen molar-refractivity contribution in [3.63, 3.8) is 0 Å². The van der Waals surface area contributed by atoms with Gasteiger partial charge in [0, 0.05) is 26.2 Å². The van der Waals surface area contributed by atoms with Crippen molar-refractivity contribution in [2.24, 2.45) is 0 Å². The summed E-state index contributed by atoms with van der Waals surface area (Å²) in [6, 6.07) is 3.31. The number of nitrogens with one attached hydrogen (secondary N) is 1. The van der Waals surface area contributed by atoms with Crippen LogP contribution < -0.4 is 10.1 Å². The van der Waals surface area contributed by atoms with Gasteiger partial charge in [-0.3, -0.25) is 0 Å². The number of ether oxygens (including phenoxy) is 1. The van der Waals surface area contributed by atoms with Crippen LogP contribution in [0.4, 0.5) is 8.78 Å². The largest absolute Gasteiger partial charge is 0.433 e. The number of nitrogens with zero attached hydrogens (tertiary/aromatic N) is 1. The molecule has 5 nitrogen and oxygen atoms in total. The molecule has 0 atom stereocenters. The standard InChI is InChI=1S/C11H13ClF2N2O3S.ClH/c1-16(7-5-15-6-7)20(17,18)8-2-3-10(9(12)4-8)19-11(13)14;/h2-4,7,11,15H,5-6H2,1H3;1H. The zero-order valence-electron chi connectivity index (χ0n) is 10.9. The maximum absolute atomic E-state index is 12.3. The van der Waals surface area contributed by atoms with Crippen molar-refractivity contribution < 1.29 is 21.9 Å². The van der Waals surface area contributed by atoms with Crippen molar-refractivity contribution >= 4 is 34.0 Å². The average Bonchev–Trinajstić information content (AvgIpc) is 2.28. The summed E-state index contributed by atoms with van der Waals surface area (Å²) in [5, 5.41) is 2.80. The van der Waals surface area contributed by atoms with Gasteiger partial charge in [-0.15, -0.1) is 12.4 Å². The third-order valence-electron chi connectivity index (χ3n) is 3.07. The number of halogens is 4. The Morgan fingerprint density at radius 3 is 2.48 bits per heavy atom. The van der Waals surface area contributed by atoms with E-state index in [9.17, 15) is 17.2 Å². The van der Waals surface area contributed by atoms with Crippen molar-refractivity contribution in [1.82, 2.24) is 9.62 Å². The molecule has 120 valence electrons. The van der Waals surface area contributed by atoms with Gasteiger partial charge in [-0.2, -0.15) is 13.1 Å². The molecular formula is C11H14Cl2F2N2O3S. The minimum absolute atomic E-state index is 0. The fourth-order valence-electron chi connectivity index (χ4n) is 1.73. The van der Waals surface area contributed by atoms with Crippen molar-refractivity contribution in [3.05, 3.63) is 23.2 Å². The molecule has 0 aliphatic carbocycles. The van der Waals surface area contributed by atoms with E-state index >= 15 is 0 Å². The van der Waals surface area contributed by atoms with Gasteiger partial charge in [0.25, 0.3) is 0 Å². The first kappa shape index (κ1) is 18.4. The highest BCUT2D eigenvalue weighted by atomic mass is 35.5. The molecule has 1 aliphatic heterocycles. The van der Waals surface area contributed by atoms with Crippen LogP contribution in [0.3, 0.4) is 0 Å². The van der Waals surface area contributed by atoms with Gasteiger partial charge < -0.3 is 10.1 Å². The maximum Gasteiger partial charge on any atom is 0.387 e. The van der Waals surface area contributed by atoms with E-state index in [4.69, 9.17) is 11.6 Å². The Labute approximate surface area is 132 Å².